The lowest BCUT2D eigenvalue weighted by Gasteiger charge is -2.02. The Bertz CT molecular complexity index is 78.6. The lowest BCUT2D eigenvalue weighted by atomic mass is 10.1. The predicted octanol–water partition coefficient (Wildman–Crippen LogP) is 2.01. The molecule has 0 aliphatic carbocycles. The Kier molecular flexibility index (Phi) is 3.79. The van der Waals surface area contributed by atoms with E-state index in [0.717, 1.165) is 6.42 Å². The van der Waals surface area contributed by atoms with E-state index >= 15 is 0 Å². The van der Waals surface area contributed by atoms with E-state index in [1.165, 1.54) is 0 Å². The number of rotatable bonds is 2. The fraction of sp³-hybridized carbons (Fsp3) is 0.833. The van der Waals surface area contributed by atoms with Crippen molar-refractivity contribution in [2.75, 3.05) is 7.11 Å². The Morgan fingerprint density at radius 2 is 2.12 bits per heavy atom. The summed E-state index contributed by atoms with van der Waals surface area (Å²) in [5, 5.41) is 0.708. The van der Waals surface area contributed by atoms with Gasteiger partial charge in [-0.3, -0.25) is 0 Å². The minimum atomic E-state index is 0.613. The third-order valence-corrected chi connectivity index (χ3v) is 1.14. The van der Waals surface area contributed by atoms with Crippen molar-refractivity contribution in [1.29, 1.82) is 0 Å². The van der Waals surface area contributed by atoms with Gasteiger partial charge in [-0.2, -0.15) is 0 Å². The van der Waals surface area contributed by atoms with Crippen LogP contribution in [0.15, 0.2) is 0 Å². The second kappa shape index (κ2) is 3.84. The topological polar surface area (TPSA) is 9.23 Å². The van der Waals surface area contributed by atoms with Gasteiger partial charge in [-0.15, -0.1) is 0 Å². The van der Waals surface area contributed by atoms with Crippen LogP contribution < -0.4 is 0 Å². The summed E-state index contributed by atoms with van der Waals surface area (Å²) >= 11 is 4.81. The maximum absolute atomic E-state index is 4.81. The summed E-state index contributed by atoms with van der Waals surface area (Å²) in [5.41, 5.74) is 0. The first-order valence-corrected chi connectivity index (χ1v) is 3.14. The molecule has 0 saturated heterocycles. The highest BCUT2D eigenvalue weighted by Gasteiger charge is 1.97. The molecule has 0 aliphatic rings. The standard InChI is InChI=1S/C6H12OS/c1-5(2)4-6(8)7-3/h5H,4H2,1-3H3. The van der Waals surface area contributed by atoms with Gasteiger partial charge in [-0.1, -0.05) is 13.8 Å². The summed E-state index contributed by atoms with van der Waals surface area (Å²) in [6, 6.07) is 0. The fourth-order valence-electron chi connectivity index (χ4n) is 0.417. The van der Waals surface area contributed by atoms with E-state index in [9.17, 15) is 0 Å². The molecule has 0 rings (SSSR count). The number of methoxy groups -OCH3 is 1. The Morgan fingerprint density at radius 1 is 1.62 bits per heavy atom. The van der Waals surface area contributed by atoms with Crippen LogP contribution in [0, 0.1) is 5.92 Å². The molecule has 8 heavy (non-hydrogen) atoms. The lowest BCUT2D eigenvalue weighted by Crippen LogP contribution is -2.01. The highest BCUT2D eigenvalue weighted by atomic mass is 32.1. The highest BCUT2D eigenvalue weighted by Crippen LogP contribution is 2.00. The summed E-state index contributed by atoms with van der Waals surface area (Å²) in [6.07, 6.45) is 0.895. The van der Waals surface area contributed by atoms with Crippen molar-refractivity contribution < 1.29 is 4.74 Å². The molecule has 0 spiro atoms. The molecule has 0 heterocycles. The van der Waals surface area contributed by atoms with Gasteiger partial charge in [-0.25, -0.2) is 0 Å². The van der Waals surface area contributed by atoms with Crippen molar-refractivity contribution in [3.63, 3.8) is 0 Å². The van der Waals surface area contributed by atoms with Crippen molar-refractivity contribution >= 4 is 17.3 Å². The number of hydrogen-bond acceptors (Lipinski definition) is 2. The first-order valence-electron chi connectivity index (χ1n) is 2.73. The van der Waals surface area contributed by atoms with E-state index in [1.54, 1.807) is 7.11 Å². The summed E-state index contributed by atoms with van der Waals surface area (Å²) in [6.45, 7) is 4.23. The van der Waals surface area contributed by atoms with Gasteiger partial charge >= 0.3 is 0 Å². The molecule has 0 radical (unpaired) electrons. The number of ether oxygens (including phenoxy) is 1. The quantitative estimate of drug-likeness (QED) is 0.531. The van der Waals surface area contributed by atoms with Crippen molar-refractivity contribution in [3.8, 4) is 0 Å². The van der Waals surface area contributed by atoms with E-state index < -0.39 is 0 Å². The Labute approximate surface area is 56.0 Å². The second-order valence-electron chi connectivity index (χ2n) is 2.17. The van der Waals surface area contributed by atoms with Crippen molar-refractivity contribution in [2.45, 2.75) is 20.3 Å². The molecular formula is C6H12OS. The third kappa shape index (κ3) is 4.06. The van der Waals surface area contributed by atoms with Crippen LogP contribution in [0.5, 0.6) is 0 Å². The van der Waals surface area contributed by atoms with Crippen molar-refractivity contribution in [1.82, 2.24) is 0 Å². The van der Waals surface area contributed by atoms with E-state index in [-0.39, 0.29) is 0 Å². The molecule has 0 aromatic carbocycles. The van der Waals surface area contributed by atoms with Gasteiger partial charge in [0.1, 0.15) is 0 Å². The second-order valence-corrected chi connectivity index (χ2v) is 2.63. The lowest BCUT2D eigenvalue weighted by molar-refractivity contribution is 0.392. The van der Waals surface area contributed by atoms with Crippen LogP contribution in [-0.2, 0) is 4.74 Å². The van der Waals surface area contributed by atoms with Gasteiger partial charge in [0.15, 0.2) is 5.05 Å². The number of hydrogen-bond donors (Lipinski definition) is 0. The van der Waals surface area contributed by atoms with Gasteiger partial charge in [0.05, 0.1) is 7.11 Å². The Balaban J connectivity index is 3.25. The normalized spacial score (nSPS) is 9.50. The molecule has 1 nitrogen and oxygen atoms in total. The molecule has 0 unspecified atom stereocenters. The average molecular weight is 132 g/mol. The molecule has 2 heteroatoms. The molecule has 0 amide bonds. The maximum Gasteiger partial charge on any atom is 0.159 e. The van der Waals surface area contributed by atoms with E-state index in [2.05, 4.69) is 13.8 Å². The molecule has 0 fully saturated rings. The van der Waals surface area contributed by atoms with Crippen LogP contribution in [0.3, 0.4) is 0 Å². The molecular weight excluding hydrogens is 120 g/mol. The summed E-state index contributed by atoms with van der Waals surface area (Å²) < 4.78 is 4.79. The van der Waals surface area contributed by atoms with E-state index in [4.69, 9.17) is 17.0 Å². The van der Waals surface area contributed by atoms with Crippen LogP contribution in [-0.4, -0.2) is 12.2 Å². The Hall–Kier alpha value is -0.110. The molecule has 0 aromatic rings. The van der Waals surface area contributed by atoms with Crippen LogP contribution >= 0.6 is 12.2 Å². The van der Waals surface area contributed by atoms with Gasteiger partial charge in [0.25, 0.3) is 0 Å². The summed E-state index contributed by atoms with van der Waals surface area (Å²) in [4.78, 5) is 0. The zero-order valence-corrected chi connectivity index (χ0v) is 6.42. The monoisotopic (exact) mass is 132 g/mol. The molecule has 0 aliphatic heterocycles. The van der Waals surface area contributed by atoms with Crippen LogP contribution in [0.2, 0.25) is 0 Å². The summed E-state index contributed by atoms with van der Waals surface area (Å²) in [5.74, 6) is 0.613. The zero-order chi connectivity index (χ0) is 6.57. The minimum absolute atomic E-state index is 0.613. The van der Waals surface area contributed by atoms with Gasteiger partial charge in [0.2, 0.25) is 0 Å². The molecule has 0 saturated carbocycles. The fourth-order valence-corrected chi connectivity index (χ4v) is 0.750. The van der Waals surface area contributed by atoms with E-state index in [1.807, 2.05) is 0 Å². The van der Waals surface area contributed by atoms with Crippen LogP contribution in [0.25, 0.3) is 0 Å². The first kappa shape index (κ1) is 7.89. The molecule has 0 bridgehead atoms. The average Bonchev–Trinajstić information content (AvgIpc) is 1.65. The van der Waals surface area contributed by atoms with Crippen LogP contribution in [0.4, 0.5) is 0 Å². The van der Waals surface area contributed by atoms with Gasteiger partial charge in [0, 0.05) is 6.42 Å². The SMILES string of the molecule is COC(=S)CC(C)C. The Morgan fingerprint density at radius 3 is 2.25 bits per heavy atom. The first-order chi connectivity index (χ1) is 3.66. The summed E-state index contributed by atoms with van der Waals surface area (Å²) in [7, 11) is 1.62. The molecule has 0 atom stereocenters. The van der Waals surface area contributed by atoms with Crippen molar-refractivity contribution in [2.24, 2.45) is 5.92 Å². The van der Waals surface area contributed by atoms with E-state index in [0.29, 0.717) is 11.0 Å². The van der Waals surface area contributed by atoms with Crippen molar-refractivity contribution in [3.05, 3.63) is 0 Å². The van der Waals surface area contributed by atoms with Gasteiger partial charge in [-0.05, 0) is 18.1 Å². The van der Waals surface area contributed by atoms with Crippen LogP contribution in [0.1, 0.15) is 20.3 Å². The molecule has 48 valence electrons. The van der Waals surface area contributed by atoms with Gasteiger partial charge < -0.3 is 4.74 Å². The minimum Gasteiger partial charge on any atom is -0.490 e. The maximum atomic E-state index is 4.81. The third-order valence-electron chi connectivity index (χ3n) is 0.803. The zero-order valence-electron chi connectivity index (χ0n) is 5.60. The molecule has 0 aromatic heterocycles. The smallest absolute Gasteiger partial charge is 0.159 e. The number of thiocarbonyl (C=S) groups is 1. The molecule has 0 N–H and O–H groups in total. The predicted molar refractivity (Wildman–Crippen MR) is 39.1 cm³/mol. The largest absolute Gasteiger partial charge is 0.490 e. The highest BCUT2D eigenvalue weighted by molar-refractivity contribution is 7.80.